The minimum absolute atomic E-state index is 0.00386. The summed E-state index contributed by atoms with van der Waals surface area (Å²) >= 11 is 11.5. The van der Waals surface area contributed by atoms with Crippen molar-refractivity contribution < 1.29 is 14.3 Å². The average Bonchev–Trinajstić information content (AvgIpc) is 2.95. The second-order valence-electron chi connectivity index (χ2n) is 5.11. The van der Waals surface area contributed by atoms with Gasteiger partial charge in [0.1, 0.15) is 5.82 Å². The van der Waals surface area contributed by atoms with Crippen molar-refractivity contribution >= 4 is 29.1 Å². The van der Waals surface area contributed by atoms with Gasteiger partial charge in [-0.25, -0.2) is 4.39 Å². The Hall–Kier alpha value is -1.63. The van der Waals surface area contributed by atoms with Gasteiger partial charge in [-0.3, -0.25) is 9.48 Å². The molecule has 1 heterocycles. The quantitative estimate of drug-likeness (QED) is 0.841. The Kier molecular flexibility index (Phi) is 4.08. The summed E-state index contributed by atoms with van der Waals surface area (Å²) < 4.78 is 15.1. The fourth-order valence-electron chi connectivity index (χ4n) is 2.52. The third-order valence-electron chi connectivity index (χ3n) is 3.70. The van der Waals surface area contributed by atoms with Gasteiger partial charge in [0.2, 0.25) is 0 Å². The van der Waals surface area contributed by atoms with Gasteiger partial charge >= 0.3 is 0 Å². The molecule has 2 aromatic rings. The number of rotatable bonds is 3. The maximum Gasteiger partial charge on any atom is 0.253 e. The molecule has 22 heavy (non-hydrogen) atoms. The molecule has 116 valence electrons. The van der Waals surface area contributed by atoms with Crippen LogP contribution >= 0.6 is 23.2 Å². The summed E-state index contributed by atoms with van der Waals surface area (Å²) in [4.78, 5) is 12.2. The van der Waals surface area contributed by atoms with E-state index >= 15 is 0 Å². The Morgan fingerprint density at radius 1 is 1.41 bits per heavy atom. The Morgan fingerprint density at radius 3 is 2.82 bits per heavy atom. The van der Waals surface area contributed by atoms with Crippen LogP contribution in [0.2, 0.25) is 10.0 Å². The first-order valence-electron chi connectivity index (χ1n) is 6.60. The molecule has 3 rings (SSSR count). The van der Waals surface area contributed by atoms with Gasteiger partial charge in [0.15, 0.2) is 0 Å². The number of hydrogen-bond donors (Lipinski definition) is 2. The molecule has 1 aliphatic rings. The molecule has 3 atom stereocenters. The Balaban J connectivity index is 1.76. The fraction of sp³-hybridized carbons (Fsp3) is 0.286. The standard InChI is InChI=1S/C14H12Cl2FN3O2/c15-8-5-9(16)10(17)4-7(8)14(22)19-11-6-12(21)13(11)20-3-1-2-18-20/h1-5,11-13,21H,6H2,(H,19,22)/t11-,12+,13+/m0/s1. The van der Waals surface area contributed by atoms with Crippen LogP contribution in [0.1, 0.15) is 22.8 Å². The molecule has 8 heteroatoms. The molecule has 0 bridgehead atoms. The number of amides is 1. The van der Waals surface area contributed by atoms with E-state index in [4.69, 9.17) is 23.2 Å². The van der Waals surface area contributed by atoms with E-state index in [2.05, 4.69) is 10.4 Å². The normalized spacial score (nSPS) is 23.9. The summed E-state index contributed by atoms with van der Waals surface area (Å²) in [6.07, 6.45) is 3.10. The van der Waals surface area contributed by atoms with E-state index in [9.17, 15) is 14.3 Å². The van der Waals surface area contributed by atoms with E-state index in [1.807, 2.05) is 0 Å². The van der Waals surface area contributed by atoms with Crippen LogP contribution in [0.25, 0.3) is 0 Å². The lowest BCUT2D eigenvalue weighted by molar-refractivity contribution is -0.00588. The van der Waals surface area contributed by atoms with Crippen LogP contribution in [0, 0.1) is 5.82 Å². The smallest absolute Gasteiger partial charge is 0.253 e. The number of aromatic nitrogens is 2. The number of nitrogens with zero attached hydrogens (tertiary/aromatic N) is 2. The summed E-state index contributed by atoms with van der Waals surface area (Å²) in [6, 6.07) is 3.26. The molecule has 0 saturated heterocycles. The third-order valence-corrected chi connectivity index (χ3v) is 4.31. The van der Waals surface area contributed by atoms with E-state index in [0.717, 1.165) is 6.07 Å². The minimum atomic E-state index is -0.714. The van der Waals surface area contributed by atoms with Gasteiger partial charge in [-0.05, 0) is 24.6 Å². The lowest BCUT2D eigenvalue weighted by atomic mass is 9.83. The highest BCUT2D eigenvalue weighted by Gasteiger charge is 2.42. The molecular formula is C14H12Cl2FN3O2. The monoisotopic (exact) mass is 343 g/mol. The van der Waals surface area contributed by atoms with Gasteiger partial charge in [0.05, 0.1) is 33.8 Å². The minimum Gasteiger partial charge on any atom is -0.391 e. The van der Waals surface area contributed by atoms with Gasteiger partial charge < -0.3 is 10.4 Å². The SMILES string of the molecule is O=C(N[C@H]1C[C@@H](O)[C@@H]1n1cccn1)c1cc(F)c(Cl)cc1Cl. The van der Waals surface area contributed by atoms with E-state index in [-0.39, 0.29) is 27.7 Å². The van der Waals surface area contributed by atoms with Crippen LogP contribution in [-0.2, 0) is 0 Å². The third kappa shape index (κ3) is 2.69. The Labute approximate surface area is 135 Å². The largest absolute Gasteiger partial charge is 0.391 e. The van der Waals surface area contributed by atoms with Crippen LogP contribution in [-0.4, -0.2) is 32.9 Å². The zero-order valence-electron chi connectivity index (χ0n) is 11.2. The van der Waals surface area contributed by atoms with Crippen LogP contribution in [0.3, 0.4) is 0 Å². The first-order chi connectivity index (χ1) is 10.5. The summed E-state index contributed by atoms with van der Waals surface area (Å²) in [7, 11) is 0. The highest BCUT2D eigenvalue weighted by Crippen LogP contribution is 2.33. The van der Waals surface area contributed by atoms with Crippen LogP contribution < -0.4 is 5.32 Å². The van der Waals surface area contributed by atoms with Gasteiger partial charge in [-0.15, -0.1) is 0 Å². The van der Waals surface area contributed by atoms with Gasteiger partial charge in [-0.2, -0.15) is 5.10 Å². The fourth-order valence-corrected chi connectivity index (χ4v) is 2.99. The van der Waals surface area contributed by atoms with Crippen molar-refractivity contribution in [2.45, 2.75) is 24.6 Å². The molecule has 1 aromatic heterocycles. The lowest BCUT2D eigenvalue weighted by Crippen LogP contribution is -2.56. The summed E-state index contributed by atoms with van der Waals surface area (Å²) in [5, 5.41) is 16.6. The van der Waals surface area contributed by atoms with Crippen LogP contribution in [0.5, 0.6) is 0 Å². The maximum absolute atomic E-state index is 13.5. The molecule has 5 nitrogen and oxygen atoms in total. The average molecular weight is 344 g/mol. The molecule has 0 radical (unpaired) electrons. The van der Waals surface area contributed by atoms with E-state index in [1.165, 1.54) is 6.07 Å². The molecule has 1 aromatic carbocycles. The maximum atomic E-state index is 13.5. The summed E-state index contributed by atoms with van der Waals surface area (Å²) in [6.45, 7) is 0. The number of halogens is 3. The van der Waals surface area contributed by atoms with Crippen molar-refractivity contribution in [1.29, 1.82) is 0 Å². The van der Waals surface area contributed by atoms with Crippen LogP contribution in [0.4, 0.5) is 4.39 Å². The van der Waals surface area contributed by atoms with E-state index in [1.54, 1.807) is 23.1 Å². The highest BCUT2D eigenvalue weighted by molar-refractivity contribution is 6.36. The molecule has 0 unspecified atom stereocenters. The van der Waals surface area contributed by atoms with Crippen molar-refractivity contribution in [2.24, 2.45) is 0 Å². The second kappa shape index (κ2) is 5.87. The number of carbonyl (C=O) groups is 1. The number of benzene rings is 1. The van der Waals surface area contributed by atoms with Crippen molar-refractivity contribution in [3.63, 3.8) is 0 Å². The molecule has 2 N–H and O–H groups in total. The zero-order chi connectivity index (χ0) is 15.9. The van der Waals surface area contributed by atoms with Gasteiger partial charge in [0, 0.05) is 12.4 Å². The van der Waals surface area contributed by atoms with Gasteiger partial charge in [0.25, 0.3) is 5.91 Å². The van der Waals surface area contributed by atoms with E-state index < -0.39 is 17.8 Å². The molecule has 0 aliphatic heterocycles. The highest BCUT2D eigenvalue weighted by atomic mass is 35.5. The number of aliphatic hydroxyl groups is 1. The zero-order valence-corrected chi connectivity index (χ0v) is 12.7. The number of carbonyl (C=O) groups excluding carboxylic acids is 1. The number of nitrogens with one attached hydrogen (secondary N) is 1. The predicted octanol–water partition coefficient (Wildman–Crippen LogP) is 2.43. The molecule has 1 fully saturated rings. The number of hydrogen-bond acceptors (Lipinski definition) is 3. The molecule has 1 saturated carbocycles. The molecular weight excluding hydrogens is 332 g/mol. The number of aliphatic hydroxyl groups excluding tert-OH is 1. The summed E-state index contributed by atoms with van der Waals surface area (Å²) in [5.41, 5.74) is 0.00386. The van der Waals surface area contributed by atoms with Crippen molar-refractivity contribution in [2.75, 3.05) is 0 Å². The lowest BCUT2D eigenvalue weighted by Gasteiger charge is -2.41. The van der Waals surface area contributed by atoms with Crippen molar-refractivity contribution in [1.82, 2.24) is 15.1 Å². The molecule has 1 aliphatic carbocycles. The summed E-state index contributed by atoms with van der Waals surface area (Å²) in [5.74, 6) is -1.23. The first-order valence-corrected chi connectivity index (χ1v) is 7.35. The molecule has 0 spiro atoms. The van der Waals surface area contributed by atoms with Crippen molar-refractivity contribution in [3.8, 4) is 0 Å². The first kappa shape index (κ1) is 15.3. The van der Waals surface area contributed by atoms with Gasteiger partial charge in [-0.1, -0.05) is 23.2 Å². The Morgan fingerprint density at radius 2 is 2.18 bits per heavy atom. The van der Waals surface area contributed by atoms with Crippen molar-refractivity contribution in [3.05, 3.63) is 52.0 Å². The molecule has 1 amide bonds. The Bertz CT molecular complexity index is 708. The van der Waals surface area contributed by atoms with E-state index in [0.29, 0.717) is 6.42 Å². The topological polar surface area (TPSA) is 67.2 Å². The second-order valence-corrected chi connectivity index (χ2v) is 5.92. The van der Waals surface area contributed by atoms with Crippen LogP contribution in [0.15, 0.2) is 30.6 Å². The predicted molar refractivity (Wildman–Crippen MR) is 79.6 cm³/mol.